The number of carbonyl (C=O) groups excluding carboxylic acids is 1. The molecule has 1 amide bonds. The van der Waals surface area contributed by atoms with Crippen LogP contribution in [0, 0.1) is 5.92 Å². The van der Waals surface area contributed by atoms with Gasteiger partial charge in [0.05, 0.1) is 0 Å². The molecular formula is C14H22ClN3O. The number of pyridine rings is 1. The lowest BCUT2D eigenvalue weighted by molar-refractivity contribution is 0.0914. The lowest BCUT2D eigenvalue weighted by Gasteiger charge is -2.28. The van der Waals surface area contributed by atoms with Crippen molar-refractivity contribution in [3.8, 4) is 0 Å². The van der Waals surface area contributed by atoms with Crippen LogP contribution in [-0.2, 0) is 0 Å². The third kappa shape index (κ3) is 4.39. The van der Waals surface area contributed by atoms with E-state index in [0.717, 1.165) is 18.8 Å². The fourth-order valence-electron chi connectivity index (χ4n) is 2.63. The van der Waals surface area contributed by atoms with E-state index in [4.69, 9.17) is 5.73 Å². The van der Waals surface area contributed by atoms with Gasteiger partial charge in [0.25, 0.3) is 5.91 Å². The van der Waals surface area contributed by atoms with Crippen LogP contribution in [0.2, 0.25) is 0 Å². The Kier molecular flexibility index (Phi) is 6.09. The second-order valence-electron chi connectivity index (χ2n) is 5.06. The lowest BCUT2D eigenvalue weighted by Crippen LogP contribution is -2.38. The van der Waals surface area contributed by atoms with Crippen molar-refractivity contribution in [2.24, 2.45) is 5.92 Å². The van der Waals surface area contributed by atoms with E-state index in [1.807, 2.05) is 0 Å². The van der Waals surface area contributed by atoms with Crippen LogP contribution < -0.4 is 11.1 Å². The normalized spacial score (nSPS) is 22.4. The third-order valence-electron chi connectivity index (χ3n) is 3.70. The first-order valence-electron chi connectivity index (χ1n) is 6.72. The van der Waals surface area contributed by atoms with Crippen LogP contribution in [0.4, 0.5) is 5.82 Å². The Bertz CT molecular complexity index is 425. The van der Waals surface area contributed by atoms with Crippen LogP contribution in [0.15, 0.2) is 18.2 Å². The summed E-state index contributed by atoms with van der Waals surface area (Å²) in [4.78, 5) is 16.1. The van der Waals surface area contributed by atoms with E-state index in [1.54, 1.807) is 18.2 Å². The first-order valence-corrected chi connectivity index (χ1v) is 6.72. The molecule has 0 aliphatic heterocycles. The maximum absolute atomic E-state index is 12.0. The van der Waals surface area contributed by atoms with Gasteiger partial charge < -0.3 is 11.1 Å². The molecule has 4 nitrogen and oxygen atoms in total. The first-order chi connectivity index (χ1) is 8.69. The standard InChI is InChI=1S/C14H21N3O.ClH/c1-2-10-5-3-6-11(9-10)16-14(18)12-7-4-8-13(15)17-12;/h4,7-8,10-11H,2-3,5-6,9H2,1H3,(H2,15,17)(H,16,18);1H. The summed E-state index contributed by atoms with van der Waals surface area (Å²) in [7, 11) is 0. The van der Waals surface area contributed by atoms with Crippen molar-refractivity contribution in [3.05, 3.63) is 23.9 Å². The first kappa shape index (κ1) is 15.8. The molecule has 0 saturated heterocycles. The summed E-state index contributed by atoms with van der Waals surface area (Å²) in [5.41, 5.74) is 5.99. The molecule has 0 bridgehead atoms. The number of rotatable bonds is 3. The fraction of sp³-hybridized carbons (Fsp3) is 0.571. The predicted octanol–water partition coefficient (Wildman–Crippen LogP) is 2.78. The number of nitrogens with one attached hydrogen (secondary N) is 1. The molecule has 0 spiro atoms. The highest BCUT2D eigenvalue weighted by atomic mass is 35.5. The molecule has 1 heterocycles. The zero-order valence-corrected chi connectivity index (χ0v) is 12.1. The molecular weight excluding hydrogens is 262 g/mol. The van der Waals surface area contributed by atoms with E-state index >= 15 is 0 Å². The molecule has 1 aromatic heterocycles. The molecule has 1 aromatic rings. The van der Waals surface area contributed by atoms with E-state index in [-0.39, 0.29) is 18.3 Å². The van der Waals surface area contributed by atoms with Crippen molar-refractivity contribution in [3.63, 3.8) is 0 Å². The number of aromatic nitrogens is 1. The quantitative estimate of drug-likeness (QED) is 0.896. The summed E-state index contributed by atoms with van der Waals surface area (Å²) in [5.74, 6) is 1.03. The number of nitrogen functional groups attached to an aromatic ring is 1. The molecule has 0 radical (unpaired) electrons. The van der Waals surface area contributed by atoms with Crippen LogP contribution in [0.25, 0.3) is 0 Å². The molecule has 2 rings (SSSR count). The smallest absolute Gasteiger partial charge is 0.270 e. The third-order valence-corrected chi connectivity index (χ3v) is 3.70. The van der Waals surface area contributed by atoms with E-state index in [0.29, 0.717) is 17.6 Å². The minimum absolute atomic E-state index is 0. The van der Waals surface area contributed by atoms with Gasteiger partial charge in [-0.2, -0.15) is 0 Å². The number of nitrogens with zero attached hydrogens (tertiary/aromatic N) is 1. The highest BCUT2D eigenvalue weighted by molar-refractivity contribution is 5.92. The van der Waals surface area contributed by atoms with Crippen LogP contribution in [0.5, 0.6) is 0 Å². The summed E-state index contributed by atoms with van der Waals surface area (Å²) >= 11 is 0. The van der Waals surface area contributed by atoms with Crippen molar-refractivity contribution in [2.45, 2.75) is 45.1 Å². The number of anilines is 1. The average Bonchev–Trinajstić information content (AvgIpc) is 2.39. The Balaban J connectivity index is 0.00000180. The van der Waals surface area contributed by atoms with E-state index in [1.165, 1.54) is 19.3 Å². The molecule has 2 unspecified atom stereocenters. The highest BCUT2D eigenvalue weighted by Gasteiger charge is 2.22. The van der Waals surface area contributed by atoms with Crippen molar-refractivity contribution in [2.75, 3.05) is 5.73 Å². The number of amides is 1. The predicted molar refractivity (Wildman–Crippen MR) is 79.4 cm³/mol. The van der Waals surface area contributed by atoms with Gasteiger partial charge >= 0.3 is 0 Å². The van der Waals surface area contributed by atoms with Gasteiger partial charge in [-0.3, -0.25) is 4.79 Å². The number of halogens is 1. The van der Waals surface area contributed by atoms with Gasteiger partial charge in [0.1, 0.15) is 11.5 Å². The Hall–Kier alpha value is -1.29. The van der Waals surface area contributed by atoms with Crippen LogP contribution in [0.1, 0.15) is 49.5 Å². The minimum Gasteiger partial charge on any atom is -0.384 e. The molecule has 1 aliphatic rings. The maximum Gasteiger partial charge on any atom is 0.270 e. The molecule has 1 fully saturated rings. The fourth-order valence-corrected chi connectivity index (χ4v) is 2.63. The Morgan fingerprint density at radius 1 is 1.47 bits per heavy atom. The minimum atomic E-state index is -0.107. The lowest BCUT2D eigenvalue weighted by atomic mass is 9.84. The van der Waals surface area contributed by atoms with Gasteiger partial charge in [-0.15, -0.1) is 12.4 Å². The van der Waals surface area contributed by atoms with Gasteiger partial charge in [-0.25, -0.2) is 4.98 Å². The van der Waals surface area contributed by atoms with Crippen LogP contribution >= 0.6 is 12.4 Å². The average molecular weight is 284 g/mol. The zero-order valence-electron chi connectivity index (χ0n) is 11.3. The second kappa shape index (κ2) is 7.34. The molecule has 0 aromatic carbocycles. The zero-order chi connectivity index (χ0) is 13.0. The maximum atomic E-state index is 12.0. The van der Waals surface area contributed by atoms with Gasteiger partial charge in [0.2, 0.25) is 0 Å². The summed E-state index contributed by atoms with van der Waals surface area (Å²) in [6.07, 6.45) is 5.85. The van der Waals surface area contributed by atoms with Crippen molar-refractivity contribution < 1.29 is 4.79 Å². The van der Waals surface area contributed by atoms with Crippen molar-refractivity contribution in [1.82, 2.24) is 10.3 Å². The van der Waals surface area contributed by atoms with Gasteiger partial charge in [0.15, 0.2) is 0 Å². The molecule has 106 valence electrons. The Morgan fingerprint density at radius 2 is 2.26 bits per heavy atom. The van der Waals surface area contributed by atoms with E-state index in [2.05, 4.69) is 17.2 Å². The number of hydrogen-bond acceptors (Lipinski definition) is 3. The van der Waals surface area contributed by atoms with Crippen molar-refractivity contribution in [1.29, 1.82) is 0 Å². The molecule has 2 atom stereocenters. The van der Waals surface area contributed by atoms with Crippen LogP contribution in [0.3, 0.4) is 0 Å². The topological polar surface area (TPSA) is 68.0 Å². The summed E-state index contributed by atoms with van der Waals surface area (Å²) in [6.45, 7) is 2.22. The molecule has 3 N–H and O–H groups in total. The highest BCUT2D eigenvalue weighted by Crippen LogP contribution is 2.26. The van der Waals surface area contributed by atoms with E-state index in [9.17, 15) is 4.79 Å². The molecule has 19 heavy (non-hydrogen) atoms. The second-order valence-corrected chi connectivity index (χ2v) is 5.06. The Morgan fingerprint density at radius 3 is 2.95 bits per heavy atom. The van der Waals surface area contributed by atoms with Gasteiger partial charge in [-0.1, -0.05) is 32.3 Å². The molecule has 1 aliphatic carbocycles. The van der Waals surface area contributed by atoms with Gasteiger partial charge in [0, 0.05) is 6.04 Å². The Labute approximate surface area is 120 Å². The molecule has 1 saturated carbocycles. The SMILES string of the molecule is CCC1CCCC(NC(=O)c2cccc(N)n2)C1.Cl. The summed E-state index contributed by atoms with van der Waals surface area (Å²) < 4.78 is 0. The van der Waals surface area contributed by atoms with Gasteiger partial charge in [-0.05, 0) is 30.9 Å². The number of hydrogen-bond donors (Lipinski definition) is 2. The number of nitrogens with two attached hydrogens (primary N) is 1. The largest absolute Gasteiger partial charge is 0.384 e. The number of carbonyl (C=O) groups is 1. The van der Waals surface area contributed by atoms with Crippen molar-refractivity contribution >= 4 is 24.1 Å². The van der Waals surface area contributed by atoms with E-state index < -0.39 is 0 Å². The van der Waals surface area contributed by atoms with Crippen LogP contribution in [-0.4, -0.2) is 16.9 Å². The molecule has 5 heteroatoms. The monoisotopic (exact) mass is 283 g/mol. The summed E-state index contributed by atoms with van der Waals surface area (Å²) in [5, 5.41) is 3.07. The summed E-state index contributed by atoms with van der Waals surface area (Å²) in [6, 6.07) is 5.43.